The zero-order valence-corrected chi connectivity index (χ0v) is 26.1. The van der Waals surface area contributed by atoms with Crippen molar-refractivity contribution in [3.8, 4) is 11.5 Å². The van der Waals surface area contributed by atoms with E-state index in [9.17, 15) is 40.6 Å². The lowest BCUT2D eigenvalue weighted by molar-refractivity contribution is -0.284. The van der Waals surface area contributed by atoms with Crippen molar-refractivity contribution in [3.05, 3.63) is 59.2 Å². The molecule has 2 aromatic rings. The van der Waals surface area contributed by atoms with Crippen LogP contribution >= 0.6 is 0 Å². The third-order valence-electron chi connectivity index (χ3n) is 8.23. The Labute approximate surface area is 257 Å². The van der Waals surface area contributed by atoms with E-state index in [0.29, 0.717) is 13.0 Å². The number of rotatable bonds is 17. The molecule has 0 radical (unpaired) electrons. The summed E-state index contributed by atoms with van der Waals surface area (Å²) < 4.78 is 87.3. The molecule has 0 unspecified atom stereocenters. The second kappa shape index (κ2) is 16.1. The maximum atomic E-state index is 13.0. The highest BCUT2D eigenvalue weighted by atomic mass is 32.2. The van der Waals surface area contributed by atoms with Crippen LogP contribution in [0.25, 0.3) is 11.1 Å². The highest BCUT2D eigenvalue weighted by molar-refractivity contribution is 7.91. The number of hydrogen-bond donors (Lipinski definition) is 2. The van der Waals surface area contributed by atoms with Crippen LogP contribution in [0.15, 0.2) is 42.5 Å². The molecule has 0 fully saturated rings. The van der Waals surface area contributed by atoms with Gasteiger partial charge in [-0.05, 0) is 123 Å². The highest BCUT2D eigenvalue weighted by Crippen LogP contribution is 2.41. The van der Waals surface area contributed by atoms with E-state index in [1.54, 1.807) is 18.2 Å². The molecule has 0 aliphatic heterocycles. The third-order valence-corrected chi connectivity index (χ3v) is 10.1. The number of nitrogens with zero attached hydrogens (tertiary/aromatic N) is 1. The van der Waals surface area contributed by atoms with Crippen LogP contribution in [0, 0.1) is 0 Å². The predicted molar refractivity (Wildman–Crippen MR) is 165 cm³/mol. The SMILES string of the molecule is CCN(CCCCCCC1=C(c2cccc(O)c2)CCCc2cc(O)ccc21)CCCS(=O)(=O)CCCC(F)(F)C(F)(F)F. The number of sulfone groups is 1. The van der Waals surface area contributed by atoms with Gasteiger partial charge in [-0.2, -0.15) is 22.0 Å². The van der Waals surface area contributed by atoms with Gasteiger partial charge in [0, 0.05) is 6.42 Å². The minimum Gasteiger partial charge on any atom is -0.508 e. The van der Waals surface area contributed by atoms with Gasteiger partial charge in [0.2, 0.25) is 0 Å². The van der Waals surface area contributed by atoms with Gasteiger partial charge >= 0.3 is 12.1 Å². The molecule has 0 saturated heterocycles. The van der Waals surface area contributed by atoms with E-state index >= 15 is 0 Å². The topological polar surface area (TPSA) is 77.8 Å². The lowest BCUT2D eigenvalue weighted by Gasteiger charge is -2.21. The molecule has 44 heavy (non-hydrogen) atoms. The summed E-state index contributed by atoms with van der Waals surface area (Å²) in [5.74, 6) is -5.31. The molecule has 1 aliphatic rings. The van der Waals surface area contributed by atoms with Crippen molar-refractivity contribution in [3.63, 3.8) is 0 Å². The van der Waals surface area contributed by atoms with Crippen LogP contribution in [-0.4, -0.2) is 66.8 Å². The maximum absolute atomic E-state index is 13.0. The van der Waals surface area contributed by atoms with E-state index in [0.717, 1.165) is 81.1 Å². The number of allylic oxidation sites excluding steroid dienone is 2. The lowest BCUT2D eigenvalue weighted by atomic mass is 9.89. The minimum atomic E-state index is -5.67. The molecule has 0 bridgehead atoms. The van der Waals surface area contributed by atoms with E-state index in [-0.39, 0.29) is 17.3 Å². The van der Waals surface area contributed by atoms with Crippen LogP contribution in [0.2, 0.25) is 0 Å². The maximum Gasteiger partial charge on any atom is 0.453 e. The fraction of sp³-hybridized carbons (Fsp3) is 0.576. The molecule has 0 atom stereocenters. The minimum absolute atomic E-state index is 0.230. The monoisotopic (exact) mass is 645 g/mol. The number of phenols is 2. The molecule has 0 saturated carbocycles. The molecule has 0 amide bonds. The quantitative estimate of drug-likeness (QED) is 0.134. The number of benzene rings is 2. The zero-order chi connectivity index (χ0) is 32.4. The molecular formula is C33H44F5NO4S. The Hall–Kier alpha value is -2.66. The van der Waals surface area contributed by atoms with Crippen molar-refractivity contribution in [2.45, 2.75) is 89.7 Å². The fourth-order valence-corrected chi connectivity index (χ4v) is 7.19. The van der Waals surface area contributed by atoms with E-state index in [1.807, 2.05) is 31.2 Å². The van der Waals surface area contributed by atoms with Crippen LogP contribution in [-0.2, 0) is 16.3 Å². The van der Waals surface area contributed by atoms with E-state index in [1.165, 1.54) is 11.1 Å². The van der Waals surface area contributed by atoms with Gasteiger partial charge < -0.3 is 15.1 Å². The Morgan fingerprint density at radius 3 is 2.20 bits per heavy atom. The van der Waals surface area contributed by atoms with Crippen molar-refractivity contribution in [2.24, 2.45) is 0 Å². The molecule has 1 aliphatic carbocycles. The van der Waals surface area contributed by atoms with Gasteiger partial charge in [-0.1, -0.05) is 38.0 Å². The number of alkyl halides is 5. The molecule has 246 valence electrons. The van der Waals surface area contributed by atoms with E-state index in [2.05, 4.69) is 4.90 Å². The third kappa shape index (κ3) is 10.8. The van der Waals surface area contributed by atoms with Gasteiger partial charge in [0.25, 0.3) is 0 Å². The van der Waals surface area contributed by atoms with Crippen LogP contribution in [0.5, 0.6) is 11.5 Å². The molecule has 5 nitrogen and oxygen atoms in total. The smallest absolute Gasteiger partial charge is 0.453 e. The standard InChI is InChI=1S/C33H44F5NO4S/c1-2-39(20-10-22-44(42,43)21-9-18-32(34,35)33(36,37)38)19-6-4-3-5-14-31-29(25-11-7-13-27(40)23-25)15-8-12-26-24-28(41)16-17-30(26)31/h7,11,13,16-17,23-24,40-41H,2-6,8-10,12,14-15,18-22H2,1H3. The summed E-state index contributed by atoms with van der Waals surface area (Å²) in [6.45, 7) is 4.00. The number of aromatic hydroxyl groups is 2. The average Bonchev–Trinajstić information content (AvgIpc) is 3.11. The van der Waals surface area contributed by atoms with Gasteiger partial charge in [0.1, 0.15) is 21.3 Å². The van der Waals surface area contributed by atoms with Crippen LogP contribution < -0.4 is 0 Å². The molecule has 3 rings (SSSR count). The molecule has 2 aromatic carbocycles. The number of aryl methyl sites for hydroxylation is 1. The van der Waals surface area contributed by atoms with E-state index < -0.39 is 40.5 Å². The summed E-state index contributed by atoms with van der Waals surface area (Å²) in [6, 6.07) is 12.9. The zero-order valence-electron chi connectivity index (χ0n) is 25.3. The molecule has 11 heteroatoms. The normalized spacial score (nSPS) is 14.6. The van der Waals surface area contributed by atoms with Crippen molar-refractivity contribution < 1.29 is 40.6 Å². The first-order valence-electron chi connectivity index (χ1n) is 15.4. The molecule has 0 aromatic heterocycles. The number of unbranched alkanes of at least 4 members (excludes halogenated alkanes) is 3. The summed E-state index contributed by atoms with van der Waals surface area (Å²) in [7, 11) is -3.71. The first-order valence-corrected chi connectivity index (χ1v) is 17.3. The molecule has 0 heterocycles. The van der Waals surface area contributed by atoms with E-state index in [4.69, 9.17) is 0 Å². The lowest BCUT2D eigenvalue weighted by Crippen LogP contribution is -2.36. The summed E-state index contributed by atoms with van der Waals surface area (Å²) >= 11 is 0. The fourth-order valence-electron chi connectivity index (χ4n) is 5.83. The summed E-state index contributed by atoms with van der Waals surface area (Å²) in [4.78, 5) is 2.13. The van der Waals surface area contributed by atoms with Gasteiger partial charge in [0.05, 0.1) is 11.5 Å². The van der Waals surface area contributed by atoms with Crippen molar-refractivity contribution >= 4 is 21.0 Å². The van der Waals surface area contributed by atoms with Gasteiger partial charge in [-0.3, -0.25) is 0 Å². The first kappa shape index (κ1) is 35.8. The Balaban J connectivity index is 1.46. The first-order chi connectivity index (χ1) is 20.7. The summed E-state index contributed by atoms with van der Waals surface area (Å²) in [5.41, 5.74) is 5.78. The van der Waals surface area contributed by atoms with Crippen LogP contribution in [0.1, 0.15) is 87.8 Å². The largest absolute Gasteiger partial charge is 0.508 e. The number of phenolic OH excluding ortho intramolecular Hbond substituents is 2. The molecular weight excluding hydrogens is 601 g/mol. The van der Waals surface area contributed by atoms with Crippen LogP contribution in [0.3, 0.4) is 0 Å². The van der Waals surface area contributed by atoms with Gasteiger partial charge in [-0.15, -0.1) is 0 Å². The Morgan fingerprint density at radius 2 is 1.50 bits per heavy atom. The number of fused-ring (bicyclic) bond motifs is 1. The van der Waals surface area contributed by atoms with Crippen molar-refractivity contribution in [2.75, 3.05) is 31.1 Å². The Morgan fingerprint density at radius 1 is 0.818 bits per heavy atom. The second-order valence-corrected chi connectivity index (χ2v) is 13.9. The van der Waals surface area contributed by atoms with Gasteiger partial charge in [-0.25, -0.2) is 8.42 Å². The second-order valence-electron chi connectivity index (χ2n) is 11.6. The predicted octanol–water partition coefficient (Wildman–Crippen LogP) is 8.40. The number of hydrogen-bond acceptors (Lipinski definition) is 5. The van der Waals surface area contributed by atoms with Crippen molar-refractivity contribution in [1.29, 1.82) is 0 Å². The summed E-state index contributed by atoms with van der Waals surface area (Å²) in [5, 5.41) is 20.2. The Kier molecular flexibility index (Phi) is 13.1. The van der Waals surface area contributed by atoms with Gasteiger partial charge in [0.15, 0.2) is 0 Å². The summed E-state index contributed by atoms with van der Waals surface area (Å²) in [6.07, 6.45) is -0.172. The molecule has 2 N–H and O–H groups in total. The average molecular weight is 646 g/mol. The molecule has 0 spiro atoms. The number of halogens is 5. The van der Waals surface area contributed by atoms with Crippen molar-refractivity contribution in [1.82, 2.24) is 4.90 Å². The van der Waals surface area contributed by atoms with Crippen LogP contribution in [0.4, 0.5) is 22.0 Å². The Bertz CT molecular complexity index is 1360. The highest BCUT2D eigenvalue weighted by Gasteiger charge is 2.56.